The monoisotopic (exact) mass is 412 g/mol. The van der Waals surface area contributed by atoms with Crippen LogP contribution < -0.4 is 11.0 Å². The quantitative estimate of drug-likeness (QED) is 0.434. The molecule has 0 atom stereocenters. The number of benzene rings is 2. The van der Waals surface area contributed by atoms with Crippen molar-refractivity contribution in [3.63, 3.8) is 0 Å². The first-order chi connectivity index (χ1) is 14.1. The van der Waals surface area contributed by atoms with Crippen LogP contribution in [0.3, 0.4) is 0 Å². The minimum absolute atomic E-state index is 0.0329. The lowest BCUT2D eigenvalue weighted by atomic mass is 10.1. The number of anilines is 1. The van der Waals surface area contributed by atoms with E-state index >= 15 is 0 Å². The molecule has 0 saturated carbocycles. The van der Waals surface area contributed by atoms with Crippen LogP contribution in [0.4, 0.5) is 5.69 Å². The van der Waals surface area contributed by atoms with Gasteiger partial charge >= 0.3 is 11.7 Å². The molecule has 0 radical (unpaired) electrons. The molecule has 8 nitrogen and oxygen atoms in total. The van der Waals surface area contributed by atoms with E-state index in [1.165, 1.54) is 11.7 Å². The maximum atomic E-state index is 12.3. The highest BCUT2D eigenvalue weighted by Crippen LogP contribution is 2.18. The Morgan fingerprint density at radius 2 is 1.86 bits per heavy atom. The van der Waals surface area contributed by atoms with Crippen LogP contribution in [0.25, 0.3) is 0 Å². The fourth-order valence-corrected chi connectivity index (χ4v) is 3.47. The first-order valence-electron chi connectivity index (χ1n) is 8.87. The van der Waals surface area contributed by atoms with Crippen molar-refractivity contribution in [3.05, 3.63) is 76.2 Å². The molecule has 0 fully saturated rings. The Hall–Kier alpha value is -3.33. The van der Waals surface area contributed by atoms with Gasteiger partial charge in [-0.05, 0) is 24.1 Å². The number of hydrogen-bond donors (Lipinski definition) is 2. The summed E-state index contributed by atoms with van der Waals surface area (Å²) < 4.78 is 6.23. The van der Waals surface area contributed by atoms with Gasteiger partial charge in [-0.1, -0.05) is 54.2 Å². The third-order valence-corrected chi connectivity index (χ3v) is 5.11. The number of carbonyl (C=O) groups excluding carboxylic acids is 2. The second kappa shape index (κ2) is 9.74. The van der Waals surface area contributed by atoms with Gasteiger partial charge in [0.1, 0.15) is 0 Å². The van der Waals surface area contributed by atoms with Gasteiger partial charge in [-0.3, -0.25) is 9.36 Å². The average molecular weight is 412 g/mol. The molecule has 1 amide bonds. The number of aromatic amines is 1. The van der Waals surface area contributed by atoms with E-state index in [0.29, 0.717) is 23.8 Å². The topological polar surface area (TPSA) is 106 Å². The molecule has 0 spiro atoms. The Kier molecular flexibility index (Phi) is 6.85. The van der Waals surface area contributed by atoms with Crippen LogP contribution in [-0.2, 0) is 22.5 Å². The van der Waals surface area contributed by atoms with Crippen molar-refractivity contribution in [3.8, 4) is 0 Å². The van der Waals surface area contributed by atoms with Crippen molar-refractivity contribution in [2.45, 2.75) is 18.1 Å². The highest BCUT2D eigenvalue weighted by Gasteiger charge is 2.15. The fraction of sp³-hybridized carbons (Fsp3) is 0.200. The molecular weight excluding hydrogens is 392 g/mol. The van der Waals surface area contributed by atoms with E-state index < -0.39 is 5.97 Å². The van der Waals surface area contributed by atoms with E-state index in [1.807, 2.05) is 30.3 Å². The normalized spacial score (nSPS) is 10.5. The molecule has 0 saturated heterocycles. The Morgan fingerprint density at radius 3 is 2.62 bits per heavy atom. The van der Waals surface area contributed by atoms with E-state index in [4.69, 9.17) is 4.74 Å². The average Bonchev–Trinajstić information content (AvgIpc) is 3.10. The number of esters is 1. The Bertz CT molecular complexity index is 1050. The van der Waals surface area contributed by atoms with Crippen molar-refractivity contribution >= 4 is 29.3 Å². The van der Waals surface area contributed by atoms with Gasteiger partial charge in [0.15, 0.2) is 5.16 Å². The summed E-state index contributed by atoms with van der Waals surface area (Å²) in [5.74, 6) is -0.822. The summed E-state index contributed by atoms with van der Waals surface area (Å²) in [6.45, 7) is 0.453. The summed E-state index contributed by atoms with van der Waals surface area (Å²) in [5, 5.41) is 9.55. The largest absolute Gasteiger partial charge is 0.465 e. The zero-order valence-corrected chi connectivity index (χ0v) is 16.6. The number of methoxy groups -OCH3 is 1. The van der Waals surface area contributed by atoms with Crippen LogP contribution in [-0.4, -0.2) is 39.5 Å². The Labute approximate surface area is 171 Å². The zero-order valence-electron chi connectivity index (χ0n) is 15.8. The lowest BCUT2D eigenvalue weighted by Crippen LogP contribution is -2.20. The summed E-state index contributed by atoms with van der Waals surface area (Å²) >= 11 is 1.14. The molecule has 0 bridgehead atoms. The Morgan fingerprint density at radius 1 is 1.14 bits per heavy atom. The molecule has 9 heteroatoms. The third-order valence-electron chi connectivity index (χ3n) is 4.13. The number of thioether (sulfide) groups is 1. The summed E-state index contributed by atoms with van der Waals surface area (Å²) in [7, 11) is 1.28. The molecule has 3 rings (SSSR count). The summed E-state index contributed by atoms with van der Waals surface area (Å²) in [4.78, 5) is 36.2. The lowest BCUT2D eigenvalue weighted by molar-refractivity contribution is -0.113. The van der Waals surface area contributed by atoms with Gasteiger partial charge < -0.3 is 10.1 Å². The van der Waals surface area contributed by atoms with Crippen LogP contribution in [0.1, 0.15) is 15.9 Å². The number of ether oxygens (including phenoxy) is 1. The molecule has 150 valence electrons. The third kappa shape index (κ3) is 5.35. The number of nitrogens with one attached hydrogen (secondary N) is 2. The molecule has 29 heavy (non-hydrogen) atoms. The van der Waals surface area contributed by atoms with Crippen molar-refractivity contribution in [1.29, 1.82) is 0 Å². The minimum Gasteiger partial charge on any atom is -0.465 e. The predicted molar refractivity (Wildman–Crippen MR) is 110 cm³/mol. The summed E-state index contributed by atoms with van der Waals surface area (Å²) in [5.41, 5.74) is 1.43. The highest BCUT2D eigenvalue weighted by atomic mass is 32.2. The summed E-state index contributed by atoms with van der Waals surface area (Å²) in [6.07, 6.45) is 0.673. The van der Waals surface area contributed by atoms with Crippen LogP contribution in [0, 0.1) is 0 Å². The van der Waals surface area contributed by atoms with E-state index in [9.17, 15) is 14.4 Å². The number of rotatable bonds is 8. The molecule has 0 unspecified atom stereocenters. The molecule has 2 N–H and O–H groups in total. The number of carbonyl (C=O) groups is 2. The van der Waals surface area contributed by atoms with Crippen molar-refractivity contribution in [1.82, 2.24) is 14.8 Å². The second-order valence-electron chi connectivity index (χ2n) is 6.07. The number of amides is 1. The maximum absolute atomic E-state index is 12.3. The number of hydrogen-bond acceptors (Lipinski definition) is 6. The van der Waals surface area contributed by atoms with Gasteiger partial charge in [0.25, 0.3) is 0 Å². The fourth-order valence-electron chi connectivity index (χ4n) is 2.69. The second-order valence-corrected chi connectivity index (χ2v) is 7.02. The first-order valence-corrected chi connectivity index (χ1v) is 9.86. The van der Waals surface area contributed by atoms with Gasteiger partial charge in [-0.25, -0.2) is 14.7 Å². The lowest BCUT2D eigenvalue weighted by Gasteiger charge is -2.09. The van der Waals surface area contributed by atoms with Crippen LogP contribution in [0.5, 0.6) is 0 Å². The molecule has 0 aliphatic carbocycles. The number of para-hydroxylation sites is 1. The molecule has 1 aromatic heterocycles. The van der Waals surface area contributed by atoms with E-state index in [2.05, 4.69) is 15.5 Å². The molecule has 0 aliphatic rings. The van der Waals surface area contributed by atoms with Crippen LogP contribution in [0.15, 0.2) is 64.5 Å². The molecule has 0 aliphatic heterocycles. The van der Waals surface area contributed by atoms with E-state index in [1.54, 1.807) is 24.3 Å². The van der Waals surface area contributed by atoms with Gasteiger partial charge in [-0.2, -0.15) is 0 Å². The molecule has 2 aromatic carbocycles. The smallest absolute Gasteiger partial charge is 0.343 e. The maximum Gasteiger partial charge on any atom is 0.343 e. The van der Waals surface area contributed by atoms with Gasteiger partial charge in [0, 0.05) is 6.54 Å². The number of aryl methyl sites for hydroxylation is 1. The van der Waals surface area contributed by atoms with Gasteiger partial charge in [0.05, 0.1) is 24.1 Å². The minimum atomic E-state index is -0.532. The molecule has 1 heterocycles. The van der Waals surface area contributed by atoms with Crippen LogP contribution in [0.2, 0.25) is 0 Å². The van der Waals surface area contributed by atoms with E-state index in [-0.39, 0.29) is 22.9 Å². The zero-order chi connectivity index (χ0) is 20.6. The summed E-state index contributed by atoms with van der Waals surface area (Å²) in [6, 6.07) is 16.4. The predicted octanol–water partition coefficient (Wildman–Crippen LogP) is 2.33. The van der Waals surface area contributed by atoms with Crippen LogP contribution >= 0.6 is 11.8 Å². The van der Waals surface area contributed by atoms with Crippen molar-refractivity contribution < 1.29 is 14.3 Å². The SMILES string of the molecule is COC(=O)c1ccccc1NC(=O)CSc1n[nH]c(=O)n1CCc1ccccc1. The highest BCUT2D eigenvalue weighted by molar-refractivity contribution is 7.99. The molecular formula is C20H20N4O4S. The molecule has 3 aromatic rings. The van der Waals surface area contributed by atoms with Gasteiger partial charge in [0.2, 0.25) is 5.91 Å². The van der Waals surface area contributed by atoms with Gasteiger partial charge in [-0.15, -0.1) is 5.10 Å². The van der Waals surface area contributed by atoms with Crippen molar-refractivity contribution in [2.75, 3.05) is 18.2 Å². The Balaban J connectivity index is 1.61. The number of aromatic nitrogens is 3. The van der Waals surface area contributed by atoms with Crippen molar-refractivity contribution in [2.24, 2.45) is 0 Å². The standard InChI is InChI=1S/C20H20N4O4S/c1-28-18(26)15-9-5-6-10-16(15)21-17(25)13-29-20-23-22-19(27)24(20)12-11-14-7-3-2-4-8-14/h2-10H,11-13H2,1H3,(H,21,25)(H,22,27). The number of H-pyrrole nitrogens is 1. The first kappa shape index (κ1) is 20.4. The van der Waals surface area contributed by atoms with E-state index in [0.717, 1.165) is 17.3 Å². The number of nitrogens with zero attached hydrogens (tertiary/aromatic N) is 2.